The van der Waals surface area contributed by atoms with Gasteiger partial charge in [0.1, 0.15) is 17.5 Å². The number of nitrogens with zero attached hydrogens (tertiary/aromatic N) is 3. The zero-order valence-corrected chi connectivity index (χ0v) is 30.8. The van der Waals surface area contributed by atoms with E-state index in [1.807, 2.05) is 12.1 Å². The van der Waals surface area contributed by atoms with Crippen molar-refractivity contribution in [2.75, 3.05) is 38.0 Å². The molecule has 0 bridgehead atoms. The maximum atomic E-state index is 13.0. The molecule has 1 saturated carbocycles. The molecule has 1 aromatic heterocycles. The van der Waals surface area contributed by atoms with Gasteiger partial charge in [0, 0.05) is 35.3 Å². The number of amides is 2. The molecule has 3 aromatic carbocycles. The van der Waals surface area contributed by atoms with Gasteiger partial charge in [0.25, 0.3) is 11.8 Å². The molecule has 1 heterocycles. The second kappa shape index (κ2) is 18.0. The van der Waals surface area contributed by atoms with E-state index in [2.05, 4.69) is 36.2 Å². The number of carbonyl (C=O) groups excluding carboxylic acids is 3. The van der Waals surface area contributed by atoms with Gasteiger partial charge in [0.15, 0.2) is 6.61 Å². The maximum Gasteiger partial charge on any atom is 0.422 e. The van der Waals surface area contributed by atoms with Crippen LogP contribution in [0.2, 0.25) is 5.02 Å². The van der Waals surface area contributed by atoms with Crippen LogP contribution < -0.4 is 35.5 Å². The molecule has 0 aliphatic heterocycles. The number of halogens is 4. The molecule has 5 N–H and O–H groups in total. The first-order valence-corrected chi connectivity index (χ1v) is 17.5. The number of Topliss-reactive ketones (excluding diaryl/α,β-unsaturated/α-hetero) is 1. The van der Waals surface area contributed by atoms with Gasteiger partial charge >= 0.3 is 18.2 Å². The highest BCUT2D eigenvalue weighted by Crippen LogP contribution is 2.48. The van der Waals surface area contributed by atoms with E-state index in [1.165, 1.54) is 38.5 Å². The lowest BCUT2D eigenvalue weighted by Gasteiger charge is -2.19. The normalized spacial score (nSPS) is 13.5. The summed E-state index contributed by atoms with van der Waals surface area (Å²) >= 11 is 6.02. The predicted molar refractivity (Wildman–Crippen MR) is 196 cm³/mol. The number of aliphatic carboxylic acids is 1. The number of nitrogens with one attached hydrogen (secondary N) is 4. The highest BCUT2D eigenvalue weighted by molar-refractivity contribution is 6.36. The Hall–Kier alpha value is -6.17. The molecular formula is C37H37ClF3N7O8. The number of hydrogen-bond acceptors (Lipinski definition) is 12. The summed E-state index contributed by atoms with van der Waals surface area (Å²) in [5, 5.41) is 21.0. The number of rotatable bonds is 19. The molecule has 0 radical (unpaired) electrons. The zero-order valence-electron chi connectivity index (χ0n) is 30.0. The number of alkyl halides is 3. The highest BCUT2D eigenvalue weighted by Gasteiger charge is 2.45. The van der Waals surface area contributed by atoms with Crippen LogP contribution in [0, 0.1) is 0 Å². The molecule has 0 unspecified atom stereocenters. The van der Waals surface area contributed by atoms with Gasteiger partial charge in [0.05, 0.1) is 19.8 Å². The summed E-state index contributed by atoms with van der Waals surface area (Å²) in [7, 11) is 2.98. The quantitative estimate of drug-likeness (QED) is 0.0774. The van der Waals surface area contributed by atoms with E-state index < -0.39 is 53.9 Å². The summed E-state index contributed by atoms with van der Waals surface area (Å²) in [6, 6.07) is 15.8. The Labute approximate surface area is 323 Å². The van der Waals surface area contributed by atoms with E-state index in [0.717, 1.165) is 5.56 Å². The number of carbonyl (C=O) groups is 4. The molecule has 1 atom stereocenters. The van der Waals surface area contributed by atoms with Crippen molar-refractivity contribution in [3.05, 3.63) is 88.4 Å². The molecule has 0 spiro atoms. The molecule has 4 aromatic rings. The fourth-order valence-electron chi connectivity index (χ4n) is 5.45. The number of aryl methyl sites for hydroxylation is 1. The average Bonchev–Trinajstić information content (AvgIpc) is 3.95. The van der Waals surface area contributed by atoms with E-state index >= 15 is 0 Å². The first kappa shape index (κ1) is 41.0. The number of carboxylic acids is 1. The lowest BCUT2D eigenvalue weighted by atomic mass is 10.1. The van der Waals surface area contributed by atoms with E-state index in [-0.39, 0.29) is 43.3 Å². The largest absolute Gasteiger partial charge is 0.497 e. The lowest BCUT2D eigenvalue weighted by molar-refractivity contribution is -0.154. The third-order valence-corrected chi connectivity index (χ3v) is 8.82. The third kappa shape index (κ3) is 11.4. The Balaban J connectivity index is 1.16. The molecule has 1 aliphatic carbocycles. The molecular weight excluding hydrogens is 763 g/mol. The Morgan fingerprint density at radius 1 is 0.929 bits per heavy atom. The van der Waals surface area contributed by atoms with E-state index in [9.17, 15) is 37.5 Å². The molecule has 56 heavy (non-hydrogen) atoms. The van der Waals surface area contributed by atoms with Crippen molar-refractivity contribution in [1.82, 2.24) is 25.6 Å². The SMILES string of the molecule is COc1ccc(CCC(=O)C(=O)NCC[C@H](NC(=O)c2ccc(Nc3nc(NC4(c5ccc(Cl)cc5)CC4)nc(OCC(F)(F)F)n3)cc2)C(=O)O)c(OC)c1. The van der Waals surface area contributed by atoms with Gasteiger partial charge in [0.2, 0.25) is 17.7 Å². The van der Waals surface area contributed by atoms with Crippen LogP contribution in [0.1, 0.15) is 47.2 Å². The number of benzene rings is 3. The summed E-state index contributed by atoms with van der Waals surface area (Å²) in [5.41, 5.74) is 1.41. The third-order valence-electron chi connectivity index (χ3n) is 8.57. The standard InChI is InChI=1S/C37H37ClF3N7O8/c1-54-26-13-5-21(29(19-26)55-2)6-14-28(49)31(51)42-18-15-27(32(52)53)44-30(50)22-3-11-25(12-4-22)43-33-45-34(47-35(46-33)56-20-37(39,40)41)48-36(16-17-36)23-7-9-24(38)10-8-23/h3-5,7-13,19,27H,6,14-18,20H2,1-2H3,(H,42,51)(H,44,50)(H,52,53)(H2,43,45,46,47,48)/t27-/m0/s1. The van der Waals surface area contributed by atoms with E-state index in [1.54, 1.807) is 30.3 Å². The van der Waals surface area contributed by atoms with Crippen molar-refractivity contribution in [3.8, 4) is 17.5 Å². The van der Waals surface area contributed by atoms with Gasteiger partial charge in [-0.3, -0.25) is 14.4 Å². The monoisotopic (exact) mass is 799 g/mol. The number of anilines is 3. The minimum absolute atomic E-state index is 0.0439. The van der Waals surface area contributed by atoms with Crippen LogP contribution in [0.25, 0.3) is 0 Å². The smallest absolute Gasteiger partial charge is 0.422 e. The van der Waals surface area contributed by atoms with Crippen LogP contribution in [0.5, 0.6) is 17.5 Å². The zero-order chi connectivity index (χ0) is 40.5. The number of carboxylic acid groups (broad SMARTS) is 1. The van der Waals surface area contributed by atoms with Gasteiger partial charge in [-0.25, -0.2) is 4.79 Å². The second-order valence-corrected chi connectivity index (χ2v) is 13.0. The van der Waals surface area contributed by atoms with Crippen LogP contribution in [0.4, 0.5) is 30.8 Å². The fourth-order valence-corrected chi connectivity index (χ4v) is 5.58. The Bertz CT molecular complexity index is 2050. The summed E-state index contributed by atoms with van der Waals surface area (Å²) in [5.74, 6) is -2.86. The molecule has 296 valence electrons. The Morgan fingerprint density at radius 3 is 2.25 bits per heavy atom. The molecule has 2 amide bonds. The molecule has 19 heteroatoms. The van der Waals surface area contributed by atoms with Gasteiger partial charge in [-0.05, 0) is 79.3 Å². The Morgan fingerprint density at radius 2 is 1.62 bits per heavy atom. The highest BCUT2D eigenvalue weighted by atomic mass is 35.5. The number of ether oxygens (including phenoxy) is 3. The maximum absolute atomic E-state index is 13.0. The lowest BCUT2D eigenvalue weighted by Crippen LogP contribution is -2.43. The van der Waals surface area contributed by atoms with Crippen molar-refractivity contribution in [1.29, 1.82) is 0 Å². The van der Waals surface area contributed by atoms with Crippen molar-refractivity contribution in [2.24, 2.45) is 0 Å². The summed E-state index contributed by atoms with van der Waals surface area (Å²) < 4.78 is 54.1. The van der Waals surface area contributed by atoms with Gasteiger partial charge in [-0.15, -0.1) is 0 Å². The predicted octanol–water partition coefficient (Wildman–Crippen LogP) is 5.22. The minimum atomic E-state index is -4.65. The van der Waals surface area contributed by atoms with Crippen LogP contribution in [0.3, 0.4) is 0 Å². The van der Waals surface area contributed by atoms with Crippen LogP contribution in [0.15, 0.2) is 66.7 Å². The molecule has 1 aliphatic rings. The van der Waals surface area contributed by atoms with Gasteiger partial charge < -0.3 is 40.6 Å². The van der Waals surface area contributed by atoms with Crippen molar-refractivity contribution in [2.45, 2.75) is 49.9 Å². The number of methoxy groups -OCH3 is 2. The van der Waals surface area contributed by atoms with Crippen molar-refractivity contribution in [3.63, 3.8) is 0 Å². The first-order chi connectivity index (χ1) is 26.7. The number of hydrogen-bond donors (Lipinski definition) is 5. The van der Waals surface area contributed by atoms with Crippen LogP contribution in [-0.2, 0) is 26.3 Å². The van der Waals surface area contributed by atoms with E-state index in [0.29, 0.717) is 40.6 Å². The molecule has 1 fully saturated rings. The second-order valence-electron chi connectivity index (χ2n) is 12.6. The van der Waals surface area contributed by atoms with Crippen LogP contribution in [-0.4, -0.2) is 83.2 Å². The summed E-state index contributed by atoms with van der Waals surface area (Å²) in [6.07, 6.45) is -3.37. The van der Waals surface area contributed by atoms with E-state index in [4.69, 9.17) is 25.8 Å². The molecule has 0 saturated heterocycles. The first-order valence-electron chi connectivity index (χ1n) is 17.1. The molecule has 5 rings (SSSR count). The number of aromatic nitrogens is 3. The summed E-state index contributed by atoms with van der Waals surface area (Å²) in [6.45, 7) is -1.85. The Kier molecular flexibility index (Phi) is 13.2. The van der Waals surface area contributed by atoms with Crippen molar-refractivity contribution < 1.29 is 51.7 Å². The average molecular weight is 800 g/mol. The van der Waals surface area contributed by atoms with Crippen molar-refractivity contribution >= 4 is 52.8 Å². The van der Waals surface area contributed by atoms with Crippen LogP contribution >= 0.6 is 11.6 Å². The topological polar surface area (TPSA) is 203 Å². The fraction of sp³-hybridized carbons (Fsp3) is 0.324. The number of ketones is 1. The van der Waals surface area contributed by atoms with Gasteiger partial charge in [-0.1, -0.05) is 29.8 Å². The minimum Gasteiger partial charge on any atom is -0.497 e. The summed E-state index contributed by atoms with van der Waals surface area (Å²) in [4.78, 5) is 62.0. The van der Waals surface area contributed by atoms with Gasteiger partial charge in [-0.2, -0.15) is 28.1 Å². The molecule has 15 nitrogen and oxygen atoms in total.